The molecule has 0 radical (unpaired) electrons. The third-order valence-electron chi connectivity index (χ3n) is 3.54. The highest BCUT2D eigenvalue weighted by atomic mass is 32.2. The minimum Gasteiger partial charge on any atom is -0.495 e. The molecule has 0 unspecified atom stereocenters. The van der Waals surface area contributed by atoms with E-state index in [9.17, 15) is 17.6 Å². The lowest BCUT2D eigenvalue weighted by Gasteiger charge is -2.28. The molecule has 2 aromatic rings. The molecular formula is C17H19FN2O4S. The molecule has 0 aliphatic heterocycles. The van der Waals surface area contributed by atoms with Gasteiger partial charge in [-0.2, -0.15) is 0 Å². The predicted molar refractivity (Wildman–Crippen MR) is 94.8 cm³/mol. The van der Waals surface area contributed by atoms with Crippen LogP contribution in [0.15, 0.2) is 48.5 Å². The molecule has 1 N–H and O–H groups in total. The molecule has 8 heteroatoms. The van der Waals surface area contributed by atoms with Crippen LogP contribution in [0.3, 0.4) is 0 Å². The number of hydrogen-bond acceptors (Lipinski definition) is 4. The number of nitrogens with zero attached hydrogens (tertiary/aromatic N) is 1. The van der Waals surface area contributed by atoms with E-state index in [-0.39, 0.29) is 5.69 Å². The van der Waals surface area contributed by atoms with Crippen LogP contribution < -0.4 is 14.4 Å². The largest absolute Gasteiger partial charge is 0.495 e. The Balaban J connectivity index is 2.36. The quantitative estimate of drug-likeness (QED) is 0.853. The Bertz CT molecular complexity index is 870. The summed E-state index contributed by atoms with van der Waals surface area (Å²) in [6.45, 7) is 1.39. The molecule has 25 heavy (non-hydrogen) atoms. The van der Waals surface area contributed by atoms with Crippen molar-refractivity contribution in [3.05, 3.63) is 54.3 Å². The summed E-state index contributed by atoms with van der Waals surface area (Å²) in [6, 6.07) is 10.9. The van der Waals surface area contributed by atoms with Crippen molar-refractivity contribution < 1.29 is 22.3 Å². The zero-order valence-corrected chi connectivity index (χ0v) is 14.9. The molecule has 6 nitrogen and oxygen atoms in total. The van der Waals surface area contributed by atoms with Crippen molar-refractivity contribution >= 4 is 27.3 Å². The first-order chi connectivity index (χ1) is 11.8. The predicted octanol–water partition coefficient (Wildman–Crippen LogP) is 2.63. The Hall–Kier alpha value is -2.61. The second-order valence-corrected chi connectivity index (χ2v) is 7.24. The number of anilines is 2. The van der Waals surface area contributed by atoms with Crippen molar-refractivity contribution in [3.8, 4) is 5.75 Å². The molecule has 0 saturated carbocycles. The Morgan fingerprint density at radius 3 is 2.36 bits per heavy atom. The minimum atomic E-state index is -3.89. The fraction of sp³-hybridized carbons (Fsp3) is 0.235. The van der Waals surface area contributed by atoms with E-state index in [2.05, 4.69) is 5.32 Å². The van der Waals surface area contributed by atoms with E-state index < -0.39 is 27.8 Å². The molecule has 2 aromatic carbocycles. The summed E-state index contributed by atoms with van der Waals surface area (Å²) in [5.74, 6) is -0.914. The van der Waals surface area contributed by atoms with Crippen LogP contribution in [0.4, 0.5) is 15.8 Å². The standard InChI is InChI=1S/C17H19FN2O4S/c1-12(17(21)19-14-9-5-7-11-16(14)24-2)20(25(3,22)23)15-10-6-4-8-13(15)18/h4-12H,1-3H3,(H,19,21)/t12-/m0/s1. The number of nitrogens with one attached hydrogen (secondary N) is 1. The van der Waals surface area contributed by atoms with Gasteiger partial charge in [0.15, 0.2) is 0 Å². The smallest absolute Gasteiger partial charge is 0.248 e. The molecule has 0 aromatic heterocycles. The zero-order valence-electron chi connectivity index (χ0n) is 14.1. The van der Waals surface area contributed by atoms with Crippen LogP contribution in [0.2, 0.25) is 0 Å². The van der Waals surface area contributed by atoms with Gasteiger partial charge in [-0.3, -0.25) is 9.10 Å². The van der Waals surface area contributed by atoms with Crippen molar-refractivity contribution in [1.82, 2.24) is 0 Å². The first-order valence-electron chi connectivity index (χ1n) is 7.43. The lowest BCUT2D eigenvalue weighted by atomic mass is 10.2. The van der Waals surface area contributed by atoms with Crippen LogP contribution in [-0.2, 0) is 14.8 Å². The Kier molecular flexibility index (Phi) is 5.63. The molecule has 1 amide bonds. The molecule has 0 aliphatic carbocycles. The fourth-order valence-electron chi connectivity index (χ4n) is 2.40. The average molecular weight is 366 g/mol. The number of benzene rings is 2. The third kappa shape index (κ3) is 4.27. The highest BCUT2D eigenvalue weighted by Gasteiger charge is 2.31. The van der Waals surface area contributed by atoms with E-state index in [1.165, 1.54) is 32.2 Å². The van der Waals surface area contributed by atoms with E-state index in [1.54, 1.807) is 24.3 Å². The van der Waals surface area contributed by atoms with Crippen molar-refractivity contribution in [3.63, 3.8) is 0 Å². The maximum Gasteiger partial charge on any atom is 0.248 e. The topological polar surface area (TPSA) is 75.7 Å². The monoisotopic (exact) mass is 366 g/mol. The molecule has 0 spiro atoms. The van der Waals surface area contributed by atoms with Gasteiger partial charge in [-0.1, -0.05) is 24.3 Å². The van der Waals surface area contributed by atoms with E-state index in [0.29, 0.717) is 11.4 Å². The molecule has 0 bridgehead atoms. The summed E-state index contributed by atoms with van der Waals surface area (Å²) < 4.78 is 44.3. The van der Waals surface area contributed by atoms with Crippen LogP contribution in [0, 0.1) is 5.82 Å². The van der Waals surface area contributed by atoms with Gasteiger partial charge in [0.1, 0.15) is 17.6 Å². The Morgan fingerprint density at radius 1 is 1.16 bits per heavy atom. The maximum atomic E-state index is 14.1. The van der Waals surface area contributed by atoms with Crippen LogP contribution in [-0.4, -0.2) is 33.7 Å². The summed E-state index contributed by atoms with van der Waals surface area (Å²) in [7, 11) is -2.44. The summed E-state index contributed by atoms with van der Waals surface area (Å²) in [4.78, 5) is 12.6. The molecule has 2 rings (SSSR count). The number of para-hydroxylation sites is 3. The van der Waals surface area contributed by atoms with E-state index in [1.807, 2.05) is 0 Å². The van der Waals surface area contributed by atoms with Crippen LogP contribution in [0.25, 0.3) is 0 Å². The Morgan fingerprint density at radius 2 is 1.76 bits per heavy atom. The van der Waals surface area contributed by atoms with Crippen LogP contribution in [0.5, 0.6) is 5.75 Å². The van der Waals surface area contributed by atoms with Crippen molar-refractivity contribution in [2.24, 2.45) is 0 Å². The number of carbonyl (C=O) groups is 1. The maximum absolute atomic E-state index is 14.1. The van der Waals surface area contributed by atoms with Crippen LogP contribution >= 0.6 is 0 Å². The molecular weight excluding hydrogens is 347 g/mol. The Labute approximate surface area is 146 Å². The van der Waals surface area contributed by atoms with E-state index >= 15 is 0 Å². The van der Waals surface area contributed by atoms with Gasteiger partial charge >= 0.3 is 0 Å². The van der Waals surface area contributed by atoms with Crippen molar-refractivity contribution in [1.29, 1.82) is 0 Å². The lowest BCUT2D eigenvalue weighted by Crippen LogP contribution is -2.45. The summed E-state index contributed by atoms with van der Waals surface area (Å²) in [5, 5.41) is 2.61. The van der Waals surface area contributed by atoms with Gasteiger partial charge in [0.05, 0.1) is 24.7 Å². The second-order valence-electron chi connectivity index (χ2n) is 5.38. The summed E-state index contributed by atoms with van der Waals surface area (Å²) in [6.07, 6.45) is 0.923. The van der Waals surface area contributed by atoms with Gasteiger partial charge in [-0.25, -0.2) is 12.8 Å². The molecule has 1 atom stereocenters. The van der Waals surface area contributed by atoms with Gasteiger partial charge in [-0.05, 0) is 31.2 Å². The summed E-state index contributed by atoms with van der Waals surface area (Å²) in [5.41, 5.74) is 0.205. The lowest BCUT2D eigenvalue weighted by molar-refractivity contribution is -0.116. The van der Waals surface area contributed by atoms with Gasteiger partial charge < -0.3 is 10.1 Å². The van der Waals surface area contributed by atoms with Crippen molar-refractivity contribution in [2.45, 2.75) is 13.0 Å². The second kappa shape index (κ2) is 7.52. The summed E-state index contributed by atoms with van der Waals surface area (Å²) >= 11 is 0. The molecule has 0 heterocycles. The number of rotatable bonds is 6. The number of halogens is 1. The third-order valence-corrected chi connectivity index (χ3v) is 4.77. The van der Waals surface area contributed by atoms with Gasteiger partial charge in [0.2, 0.25) is 15.9 Å². The van der Waals surface area contributed by atoms with Crippen molar-refractivity contribution in [2.75, 3.05) is 23.0 Å². The van der Waals surface area contributed by atoms with Gasteiger partial charge in [-0.15, -0.1) is 0 Å². The number of sulfonamides is 1. The number of ether oxygens (including phenoxy) is 1. The molecule has 0 fully saturated rings. The molecule has 134 valence electrons. The van der Waals surface area contributed by atoms with E-state index in [4.69, 9.17) is 4.74 Å². The molecule has 0 saturated heterocycles. The molecule has 0 aliphatic rings. The number of methoxy groups -OCH3 is 1. The first-order valence-corrected chi connectivity index (χ1v) is 9.28. The fourth-order valence-corrected chi connectivity index (χ4v) is 3.57. The number of carbonyl (C=O) groups excluding carboxylic acids is 1. The van der Waals surface area contributed by atoms with E-state index in [0.717, 1.165) is 16.6 Å². The zero-order chi connectivity index (χ0) is 18.6. The number of amides is 1. The van der Waals surface area contributed by atoms with Gasteiger partial charge in [0.25, 0.3) is 0 Å². The van der Waals surface area contributed by atoms with Gasteiger partial charge in [0, 0.05) is 0 Å². The highest BCUT2D eigenvalue weighted by Crippen LogP contribution is 2.26. The normalized spacial score (nSPS) is 12.3. The number of hydrogen-bond donors (Lipinski definition) is 1. The highest BCUT2D eigenvalue weighted by molar-refractivity contribution is 7.92. The average Bonchev–Trinajstić information content (AvgIpc) is 2.56. The van der Waals surface area contributed by atoms with Crippen LogP contribution in [0.1, 0.15) is 6.92 Å². The SMILES string of the molecule is COc1ccccc1NC(=O)[C@H](C)N(c1ccccc1F)S(C)(=O)=O. The first kappa shape index (κ1) is 18.7. The minimum absolute atomic E-state index is 0.187.